The van der Waals surface area contributed by atoms with Crippen molar-refractivity contribution in [3.8, 4) is 5.88 Å². The Hall–Kier alpha value is -0.800. The second kappa shape index (κ2) is 3.75. The normalized spacial score (nSPS) is 19.5. The maximum Gasteiger partial charge on any atom is 0.219 e. The highest BCUT2D eigenvalue weighted by molar-refractivity contribution is 6.29. The Kier molecular flexibility index (Phi) is 2.61. The molecular weight excluding hydrogens is 200 g/mol. The number of halogens is 1. The smallest absolute Gasteiger partial charge is 0.219 e. The lowest BCUT2D eigenvalue weighted by Crippen LogP contribution is -2.14. The summed E-state index contributed by atoms with van der Waals surface area (Å²) in [6.45, 7) is 0. The van der Waals surface area contributed by atoms with Crippen molar-refractivity contribution in [2.75, 3.05) is 14.2 Å². The number of hydrogen-bond donors (Lipinski definition) is 1. The van der Waals surface area contributed by atoms with E-state index in [1.807, 2.05) is 13.1 Å². The van der Waals surface area contributed by atoms with Crippen LogP contribution in [0.1, 0.15) is 23.6 Å². The van der Waals surface area contributed by atoms with E-state index < -0.39 is 0 Å². The first-order valence-electron chi connectivity index (χ1n) is 4.67. The number of methoxy groups -OCH3 is 1. The number of rotatable bonds is 2. The molecular formula is C10H13ClN2O. The van der Waals surface area contributed by atoms with Crippen LogP contribution in [0.4, 0.5) is 0 Å². The van der Waals surface area contributed by atoms with Crippen molar-refractivity contribution >= 4 is 11.6 Å². The van der Waals surface area contributed by atoms with Gasteiger partial charge in [-0.3, -0.25) is 0 Å². The highest BCUT2D eigenvalue weighted by atomic mass is 35.5. The molecule has 76 valence electrons. The standard InChI is InChI=1S/C10H13ClN2O/c1-12-7-4-3-6-5-8(11)13-10(14-2)9(6)7/h5,7,12H,3-4H2,1-2H3/t7-/m0/s1. The Labute approximate surface area is 88.4 Å². The Bertz CT molecular complexity index is 354. The molecule has 2 rings (SSSR count). The number of hydrogen-bond acceptors (Lipinski definition) is 3. The molecule has 0 saturated carbocycles. The zero-order valence-corrected chi connectivity index (χ0v) is 9.06. The van der Waals surface area contributed by atoms with E-state index in [4.69, 9.17) is 16.3 Å². The monoisotopic (exact) mass is 212 g/mol. The molecule has 1 aromatic heterocycles. The number of nitrogens with zero attached hydrogens (tertiary/aromatic N) is 1. The summed E-state index contributed by atoms with van der Waals surface area (Å²) in [6, 6.07) is 2.28. The summed E-state index contributed by atoms with van der Waals surface area (Å²) in [5.41, 5.74) is 2.42. The SMILES string of the molecule is CN[C@H]1CCc2cc(Cl)nc(OC)c21. The van der Waals surface area contributed by atoms with Crippen molar-refractivity contribution in [2.45, 2.75) is 18.9 Å². The van der Waals surface area contributed by atoms with Gasteiger partial charge in [-0.15, -0.1) is 0 Å². The topological polar surface area (TPSA) is 34.2 Å². The van der Waals surface area contributed by atoms with Crippen molar-refractivity contribution < 1.29 is 4.74 Å². The van der Waals surface area contributed by atoms with Gasteiger partial charge >= 0.3 is 0 Å². The third-order valence-corrected chi connectivity index (χ3v) is 2.86. The predicted octanol–water partition coefficient (Wildman–Crippen LogP) is 1.95. The molecule has 0 fully saturated rings. The average molecular weight is 213 g/mol. The van der Waals surface area contributed by atoms with Gasteiger partial charge in [-0.2, -0.15) is 0 Å². The first-order chi connectivity index (χ1) is 6.76. The Morgan fingerprint density at radius 3 is 3.07 bits per heavy atom. The quantitative estimate of drug-likeness (QED) is 0.761. The third kappa shape index (κ3) is 1.47. The minimum absolute atomic E-state index is 0.352. The molecule has 1 aliphatic rings. The molecule has 0 amide bonds. The van der Waals surface area contributed by atoms with Crippen LogP contribution in [-0.2, 0) is 6.42 Å². The molecule has 0 radical (unpaired) electrons. The van der Waals surface area contributed by atoms with Crippen LogP contribution in [-0.4, -0.2) is 19.1 Å². The van der Waals surface area contributed by atoms with E-state index >= 15 is 0 Å². The summed E-state index contributed by atoms with van der Waals surface area (Å²) in [5.74, 6) is 0.657. The summed E-state index contributed by atoms with van der Waals surface area (Å²) in [7, 11) is 3.58. The van der Waals surface area contributed by atoms with E-state index in [1.54, 1.807) is 7.11 Å². The van der Waals surface area contributed by atoms with Gasteiger partial charge in [-0.05, 0) is 31.5 Å². The van der Waals surface area contributed by atoms with Gasteiger partial charge in [-0.1, -0.05) is 11.6 Å². The van der Waals surface area contributed by atoms with E-state index in [2.05, 4.69) is 10.3 Å². The first-order valence-corrected chi connectivity index (χ1v) is 5.04. The van der Waals surface area contributed by atoms with E-state index in [0.717, 1.165) is 12.8 Å². The molecule has 0 aromatic carbocycles. The zero-order chi connectivity index (χ0) is 10.1. The largest absolute Gasteiger partial charge is 0.481 e. The number of fused-ring (bicyclic) bond motifs is 1. The predicted molar refractivity (Wildman–Crippen MR) is 55.9 cm³/mol. The average Bonchev–Trinajstić information content (AvgIpc) is 2.59. The van der Waals surface area contributed by atoms with Crippen LogP contribution in [0.3, 0.4) is 0 Å². The fraction of sp³-hybridized carbons (Fsp3) is 0.500. The van der Waals surface area contributed by atoms with Crippen LogP contribution in [0.15, 0.2) is 6.07 Å². The molecule has 0 saturated heterocycles. The molecule has 1 N–H and O–H groups in total. The molecule has 14 heavy (non-hydrogen) atoms. The van der Waals surface area contributed by atoms with Crippen molar-refractivity contribution in [3.63, 3.8) is 0 Å². The van der Waals surface area contributed by atoms with Crippen molar-refractivity contribution in [1.29, 1.82) is 0 Å². The van der Waals surface area contributed by atoms with Gasteiger partial charge in [0.1, 0.15) is 5.15 Å². The summed E-state index contributed by atoms with van der Waals surface area (Å²) < 4.78 is 5.23. The molecule has 1 heterocycles. The number of aromatic nitrogens is 1. The number of pyridine rings is 1. The van der Waals surface area contributed by atoms with Gasteiger partial charge in [0.25, 0.3) is 0 Å². The van der Waals surface area contributed by atoms with Crippen LogP contribution in [0.2, 0.25) is 5.15 Å². The summed E-state index contributed by atoms with van der Waals surface area (Å²) in [5, 5.41) is 3.76. The Morgan fingerprint density at radius 1 is 1.64 bits per heavy atom. The first kappa shape index (κ1) is 9.74. The van der Waals surface area contributed by atoms with Gasteiger partial charge < -0.3 is 10.1 Å². The maximum absolute atomic E-state index is 5.89. The van der Waals surface area contributed by atoms with Crippen molar-refractivity contribution in [2.24, 2.45) is 0 Å². The number of aryl methyl sites for hydroxylation is 1. The van der Waals surface area contributed by atoms with Gasteiger partial charge in [0.15, 0.2) is 0 Å². The van der Waals surface area contributed by atoms with Crippen LogP contribution < -0.4 is 10.1 Å². The lowest BCUT2D eigenvalue weighted by molar-refractivity contribution is 0.386. The zero-order valence-electron chi connectivity index (χ0n) is 8.30. The van der Waals surface area contributed by atoms with Gasteiger partial charge in [0.05, 0.1) is 7.11 Å². The Balaban J connectivity index is 2.51. The maximum atomic E-state index is 5.89. The van der Waals surface area contributed by atoms with Crippen LogP contribution in [0, 0.1) is 0 Å². The molecule has 1 aromatic rings. The second-order valence-electron chi connectivity index (χ2n) is 3.41. The van der Waals surface area contributed by atoms with E-state index in [-0.39, 0.29) is 0 Å². The van der Waals surface area contributed by atoms with E-state index in [9.17, 15) is 0 Å². The summed E-state index contributed by atoms with van der Waals surface area (Å²) in [4.78, 5) is 4.16. The lowest BCUT2D eigenvalue weighted by atomic mass is 10.1. The third-order valence-electron chi connectivity index (χ3n) is 2.67. The summed E-state index contributed by atoms with van der Waals surface area (Å²) in [6.07, 6.45) is 2.13. The number of nitrogens with one attached hydrogen (secondary N) is 1. The number of ether oxygens (including phenoxy) is 1. The van der Waals surface area contributed by atoms with Crippen molar-refractivity contribution in [3.05, 3.63) is 22.3 Å². The molecule has 0 aliphatic heterocycles. The highest BCUT2D eigenvalue weighted by Crippen LogP contribution is 2.37. The van der Waals surface area contributed by atoms with E-state index in [0.29, 0.717) is 17.1 Å². The molecule has 4 heteroatoms. The highest BCUT2D eigenvalue weighted by Gasteiger charge is 2.26. The molecule has 3 nitrogen and oxygen atoms in total. The summed E-state index contributed by atoms with van der Waals surface area (Å²) >= 11 is 5.89. The fourth-order valence-electron chi connectivity index (χ4n) is 2.02. The van der Waals surface area contributed by atoms with Gasteiger partial charge in [0.2, 0.25) is 5.88 Å². The lowest BCUT2D eigenvalue weighted by Gasteiger charge is -2.13. The van der Waals surface area contributed by atoms with Crippen LogP contribution in [0.25, 0.3) is 0 Å². The Morgan fingerprint density at radius 2 is 2.43 bits per heavy atom. The minimum Gasteiger partial charge on any atom is -0.481 e. The molecule has 0 bridgehead atoms. The molecule has 0 unspecified atom stereocenters. The van der Waals surface area contributed by atoms with Gasteiger partial charge in [0, 0.05) is 11.6 Å². The second-order valence-corrected chi connectivity index (χ2v) is 3.79. The molecule has 1 aliphatic carbocycles. The van der Waals surface area contributed by atoms with E-state index in [1.165, 1.54) is 11.1 Å². The van der Waals surface area contributed by atoms with Crippen LogP contribution >= 0.6 is 11.6 Å². The molecule has 1 atom stereocenters. The van der Waals surface area contributed by atoms with Gasteiger partial charge in [-0.25, -0.2) is 4.98 Å². The fourth-order valence-corrected chi connectivity index (χ4v) is 2.22. The van der Waals surface area contributed by atoms with Crippen LogP contribution in [0.5, 0.6) is 5.88 Å². The van der Waals surface area contributed by atoms with Crippen molar-refractivity contribution in [1.82, 2.24) is 10.3 Å². The molecule has 0 spiro atoms. The minimum atomic E-state index is 0.352.